The highest BCUT2D eigenvalue weighted by atomic mass is 32.2. The van der Waals surface area contributed by atoms with Gasteiger partial charge in [-0.3, -0.25) is 9.59 Å². The summed E-state index contributed by atoms with van der Waals surface area (Å²) in [5.41, 5.74) is -0.0573. The predicted molar refractivity (Wildman–Crippen MR) is 77.4 cm³/mol. The minimum atomic E-state index is -0.962. The van der Waals surface area contributed by atoms with E-state index in [0.29, 0.717) is 18.0 Å². The van der Waals surface area contributed by atoms with Gasteiger partial charge in [-0.25, -0.2) is 4.39 Å². The number of hydrogen-bond donors (Lipinski definition) is 1. The highest BCUT2D eigenvalue weighted by molar-refractivity contribution is 7.99. The number of aliphatic carboxylic acids is 1. The van der Waals surface area contributed by atoms with Gasteiger partial charge in [0, 0.05) is 24.1 Å². The van der Waals surface area contributed by atoms with Crippen LogP contribution in [0.3, 0.4) is 0 Å². The first-order valence-electron chi connectivity index (χ1n) is 6.47. The van der Waals surface area contributed by atoms with Crippen molar-refractivity contribution < 1.29 is 23.8 Å². The Kier molecular flexibility index (Phi) is 5.06. The van der Waals surface area contributed by atoms with Gasteiger partial charge in [0.1, 0.15) is 11.6 Å². The molecule has 114 valence electrons. The molecule has 1 aromatic carbocycles. The summed E-state index contributed by atoms with van der Waals surface area (Å²) < 4.78 is 18.9. The molecule has 0 aromatic heterocycles. The molecule has 0 spiro atoms. The number of methoxy groups -OCH3 is 1. The first kappa shape index (κ1) is 15.6. The number of hydrogen-bond acceptors (Lipinski definition) is 4. The Morgan fingerprint density at radius 3 is 2.90 bits per heavy atom. The maximum Gasteiger partial charge on any atom is 0.305 e. The van der Waals surface area contributed by atoms with E-state index >= 15 is 0 Å². The van der Waals surface area contributed by atoms with E-state index in [-0.39, 0.29) is 12.0 Å². The smallest absolute Gasteiger partial charge is 0.305 e. The van der Waals surface area contributed by atoms with Crippen LogP contribution in [0.25, 0.3) is 0 Å². The van der Waals surface area contributed by atoms with Crippen molar-refractivity contribution in [1.82, 2.24) is 4.90 Å². The topological polar surface area (TPSA) is 66.8 Å². The monoisotopic (exact) mass is 313 g/mol. The SMILES string of the molecule is COc1ccc(C(=O)N2CCSCC2CC(=O)O)c(F)c1. The number of carbonyl (C=O) groups is 2. The third-order valence-corrected chi connectivity index (χ3v) is 4.40. The van der Waals surface area contributed by atoms with Crippen molar-refractivity contribution in [3.05, 3.63) is 29.6 Å². The van der Waals surface area contributed by atoms with Crippen LogP contribution in [0.5, 0.6) is 5.75 Å². The van der Waals surface area contributed by atoms with Gasteiger partial charge in [-0.15, -0.1) is 0 Å². The van der Waals surface area contributed by atoms with Crippen molar-refractivity contribution in [2.45, 2.75) is 12.5 Å². The summed E-state index contributed by atoms with van der Waals surface area (Å²) in [5.74, 6) is -0.487. The average Bonchev–Trinajstić information content (AvgIpc) is 2.46. The van der Waals surface area contributed by atoms with Crippen molar-refractivity contribution in [1.29, 1.82) is 0 Å². The number of nitrogens with zero attached hydrogens (tertiary/aromatic N) is 1. The molecule has 2 rings (SSSR count). The molecule has 1 atom stereocenters. The van der Waals surface area contributed by atoms with Crippen LogP contribution in [-0.2, 0) is 4.79 Å². The molecule has 1 amide bonds. The van der Waals surface area contributed by atoms with E-state index in [0.717, 1.165) is 11.8 Å². The zero-order chi connectivity index (χ0) is 15.4. The molecular weight excluding hydrogens is 297 g/mol. The lowest BCUT2D eigenvalue weighted by Gasteiger charge is -2.34. The number of rotatable bonds is 4. The Morgan fingerprint density at radius 1 is 1.52 bits per heavy atom. The van der Waals surface area contributed by atoms with E-state index in [2.05, 4.69) is 0 Å². The zero-order valence-corrected chi connectivity index (χ0v) is 12.4. The van der Waals surface area contributed by atoms with Crippen molar-refractivity contribution in [3.8, 4) is 5.75 Å². The van der Waals surface area contributed by atoms with Gasteiger partial charge in [-0.05, 0) is 12.1 Å². The number of halogens is 1. The van der Waals surface area contributed by atoms with Crippen molar-refractivity contribution in [2.75, 3.05) is 25.2 Å². The Balaban J connectivity index is 2.22. The molecule has 0 bridgehead atoms. The molecule has 1 fully saturated rings. The van der Waals surface area contributed by atoms with Crippen LogP contribution in [0.15, 0.2) is 18.2 Å². The molecule has 21 heavy (non-hydrogen) atoms. The molecule has 0 radical (unpaired) electrons. The number of benzene rings is 1. The largest absolute Gasteiger partial charge is 0.497 e. The van der Waals surface area contributed by atoms with Gasteiger partial charge in [0.05, 0.1) is 25.1 Å². The maximum absolute atomic E-state index is 14.0. The summed E-state index contributed by atoms with van der Waals surface area (Å²) in [6.45, 7) is 0.424. The second kappa shape index (κ2) is 6.80. The molecule has 1 aromatic rings. The molecule has 1 aliphatic rings. The van der Waals surface area contributed by atoms with Crippen LogP contribution >= 0.6 is 11.8 Å². The minimum Gasteiger partial charge on any atom is -0.497 e. The Hall–Kier alpha value is -1.76. The molecule has 0 aliphatic carbocycles. The van der Waals surface area contributed by atoms with Gasteiger partial charge < -0.3 is 14.7 Å². The van der Waals surface area contributed by atoms with Crippen LogP contribution in [0.4, 0.5) is 4.39 Å². The standard InChI is InChI=1S/C14H16FNO4S/c1-20-10-2-3-11(12(15)7-10)14(19)16-4-5-21-8-9(16)6-13(17)18/h2-3,7,9H,4-6,8H2,1H3,(H,17,18). The molecule has 1 N–H and O–H groups in total. The van der Waals surface area contributed by atoms with E-state index < -0.39 is 23.7 Å². The zero-order valence-electron chi connectivity index (χ0n) is 11.5. The van der Waals surface area contributed by atoms with Gasteiger partial charge in [-0.1, -0.05) is 0 Å². The van der Waals surface area contributed by atoms with Crippen LogP contribution in [-0.4, -0.2) is 53.1 Å². The highest BCUT2D eigenvalue weighted by Gasteiger charge is 2.30. The number of carboxylic acid groups (broad SMARTS) is 1. The molecule has 7 heteroatoms. The minimum absolute atomic E-state index is 0.0573. The summed E-state index contributed by atoms with van der Waals surface area (Å²) in [6.07, 6.45) is -0.128. The Morgan fingerprint density at radius 2 is 2.29 bits per heavy atom. The number of carboxylic acids is 1. The third-order valence-electron chi connectivity index (χ3n) is 3.31. The first-order valence-corrected chi connectivity index (χ1v) is 7.62. The van der Waals surface area contributed by atoms with E-state index in [1.807, 2.05) is 0 Å². The fourth-order valence-corrected chi connectivity index (χ4v) is 3.31. The molecular formula is C14H16FNO4S. The van der Waals surface area contributed by atoms with Crippen molar-refractivity contribution in [3.63, 3.8) is 0 Å². The lowest BCUT2D eigenvalue weighted by atomic mass is 10.1. The fraction of sp³-hybridized carbons (Fsp3) is 0.429. The summed E-state index contributed by atoms with van der Waals surface area (Å²) in [7, 11) is 1.42. The normalized spacial score (nSPS) is 18.4. The van der Waals surface area contributed by atoms with E-state index in [4.69, 9.17) is 9.84 Å². The van der Waals surface area contributed by atoms with E-state index in [1.54, 1.807) is 11.8 Å². The average molecular weight is 313 g/mol. The van der Waals surface area contributed by atoms with Crippen LogP contribution in [0.2, 0.25) is 0 Å². The third kappa shape index (κ3) is 3.66. The molecule has 1 saturated heterocycles. The van der Waals surface area contributed by atoms with Gasteiger partial charge in [-0.2, -0.15) is 11.8 Å². The Bertz CT molecular complexity index is 552. The van der Waals surface area contributed by atoms with E-state index in [1.165, 1.54) is 24.1 Å². The summed E-state index contributed by atoms with van der Waals surface area (Å²) in [5, 5.41) is 8.92. The number of ether oxygens (including phenoxy) is 1. The van der Waals surface area contributed by atoms with Crippen molar-refractivity contribution in [2.24, 2.45) is 0 Å². The molecule has 1 heterocycles. The Labute approximate surface area is 126 Å². The molecule has 0 saturated carbocycles. The van der Waals surface area contributed by atoms with Crippen LogP contribution in [0, 0.1) is 5.82 Å². The number of thioether (sulfide) groups is 1. The molecule has 1 aliphatic heterocycles. The van der Waals surface area contributed by atoms with Gasteiger partial charge in [0.2, 0.25) is 0 Å². The lowest BCUT2D eigenvalue weighted by Crippen LogP contribution is -2.47. The predicted octanol–water partition coefficient (Wildman–Crippen LogP) is 1.87. The van der Waals surface area contributed by atoms with Gasteiger partial charge >= 0.3 is 5.97 Å². The van der Waals surface area contributed by atoms with Gasteiger partial charge in [0.15, 0.2) is 0 Å². The summed E-state index contributed by atoms with van der Waals surface area (Å²) >= 11 is 1.60. The first-order chi connectivity index (χ1) is 10.0. The summed E-state index contributed by atoms with van der Waals surface area (Å²) in [4.78, 5) is 24.8. The van der Waals surface area contributed by atoms with Crippen LogP contribution < -0.4 is 4.74 Å². The molecule has 5 nitrogen and oxygen atoms in total. The van der Waals surface area contributed by atoms with Gasteiger partial charge in [0.25, 0.3) is 5.91 Å². The number of amides is 1. The van der Waals surface area contributed by atoms with E-state index in [9.17, 15) is 14.0 Å². The second-order valence-corrected chi connectivity index (χ2v) is 5.82. The van der Waals surface area contributed by atoms with Crippen molar-refractivity contribution >= 4 is 23.6 Å². The quantitative estimate of drug-likeness (QED) is 0.919. The highest BCUT2D eigenvalue weighted by Crippen LogP contribution is 2.24. The lowest BCUT2D eigenvalue weighted by molar-refractivity contribution is -0.138. The summed E-state index contributed by atoms with van der Waals surface area (Å²) in [6, 6.07) is 3.63. The maximum atomic E-state index is 14.0. The fourth-order valence-electron chi connectivity index (χ4n) is 2.24. The van der Waals surface area contributed by atoms with Crippen LogP contribution in [0.1, 0.15) is 16.8 Å². The number of carbonyl (C=O) groups excluding carboxylic acids is 1. The molecule has 1 unspecified atom stereocenters. The second-order valence-electron chi connectivity index (χ2n) is 4.67.